The third-order valence-corrected chi connectivity index (χ3v) is 4.45. The molecule has 1 aromatic carbocycles. The van der Waals surface area contributed by atoms with E-state index in [9.17, 15) is 4.79 Å². The first-order valence-corrected chi connectivity index (χ1v) is 8.02. The normalized spacial score (nSPS) is 22.4. The average molecular weight is 340 g/mol. The fourth-order valence-electron chi connectivity index (χ4n) is 2.54. The van der Waals surface area contributed by atoms with E-state index in [1.807, 2.05) is 25.1 Å². The first-order valence-electron chi connectivity index (χ1n) is 7.23. The summed E-state index contributed by atoms with van der Waals surface area (Å²) in [4.78, 5) is 11.9. The molecule has 1 N–H and O–H groups in total. The molecule has 0 aromatic heterocycles. The smallest absolute Gasteiger partial charge is 0.258 e. The van der Waals surface area contributed by atoms with Gasteiger partial charge in [0, 0.05) is 6.04 Å². The number of halogens is 1. The lowest BCUT2D eigenvalue weighted by molar-refractivity contribution is -0.124. The summed E-state index contributed by atoms with van der Waals surface area (Å²) in [6, 6.07) is 6.16. The summed E-state index contributed by atoms with van der Waals surface area (Å²) >= 11 is 3.45. The monoisotopic (exact) mass is 339 g/mol. The van der Waals surface area contributed by atoms with Crippen molar-refractivity contribution in [2.45, 2.75) is 45.6 Å². The number of carbonyl (C=O) groups is 1. The summed E-state index contributed by atoms with van der Waals surface area (Å²) in [6.07, 6.45) is 4.58. The van der Waals surface area contributed by atoms with Crippen molar-refractivity contribution in [3.05, 3.63) is 28.2 Å². The van der Waals surface area contributed by atoms with Gasteiger partial charge >= 0.3 is 0 Å². The Bertz CT molecular complexity index is 468. The lowest BCUT2D eigenvalue weighted by Gasteiger charge is -2.26. The van der Waals surface area contributed by atoms with Crippen LogP contribution in [0, 0.1) is 12.8 Å². The molecule has 110 valence electrons. The van der Waals surface area contributed by atoms with Crippen LogP contribution in [-0.4, -0.2) is 18.6 Å². The summed E-state index contributed by atoms with van der Waals surface area (Å²) < 4.78 is 6.44. The lowest BCUT2D eigenvalue weighted by Crippen LogP contribution is -2.39. The van der Waals surface area contributed by atoms with E-state index in [0.717, 1.165) is 28.8 Å². The molecule has 3 nitrogen and oxygen atoms in total. The lowest BCUT2D eigenvalue weighted by atomic mass is 9.87. The van der Waals surface area contributed by atoms with Gasteiger partial charge in [-0.2, -0.15) is 0 Å². The van der Waals surface area contributed by atoms with E-state index in [4.69, 9.17) is 4.74 Å². The summed E-state index contributed by atoms with van der Waals surface area (Å²) in [6.45, 7) is 4.37. The van der Waals surface area contributed by atoms with Gasteiger partial charge in [0.05, 0.1) is 4.47 Å². The highest BCUT2D eigenvalue weighted by molar-refractivity contribution is 9.10. The summed E-state index contributed by atoms with van der Waals surface area (Å²) in [5.41, 5.74) is 1.16. The molecule has 0 spiro atoms. The number of aryl methyl sites for hydroxylation is 1. The predicted octanol–water partition coefficient (Wildman–Crippen LogP) is 3.83. The van der Waals surface area contributed by atoms with Gasteiger partial charge in [-0.05, 0) is 72.2 Å². The third-order valence-electron chi connectivity index (χ3n) is 3.83. The maximum atomic E-state index is 11.9. The van der Waals surface area contributed by atoms with E-state index in [-0.39, 0.29) is 12.5 Å². The maximum Gasteiger partial charge on any atom is 0.258 e. The molecule has 0 unspecified atom stereocenters. The molecule has 2 rings (SSSR count). The molecule has 1 aliphatic rings. The first-order chi connectivity index (χ1) is 9.54. The highest BCUT2D eigenvalue weighted by Gasteiger charge is 2.19. The molecule has 1 amide bonds. The van der Waals surface area contributed by atoms with E-state index >= 15 is 0 Å². The van der Waals surface area contributed by atoms with Crippen LogP contribution in [0.15, 0.2) is 22.7 Å². The van der Waals surface area contributed by atoms with Crippen LogP contribution in [0.25, 0.3) is 0 Å². The SMILES string of the molecule is Cc1ccc(OCC(=O)NC2CCC(C)CC2)c(Br)c1. The Morgan fingerprint density at radius 2 is 2.05 bits per heavy atom. The quantitative estimate of drug-likeness (QED) is 0.905. The zero-order valence-electron chi connectivity index (χ0n) is 12.1. The molecule has 0 atom stereocenters. The largest absolute Gasteiger partial charge is 0.483 e. The second-order valence-electron chi connectivity index (χ2n) is 5.75. The van der Waals surface area contributed by atoms with E-state index in [2.05, 4.69) is 28.2 Å². The van der Waals surface area contributed by atoms with Crippen LogP contribution in [0.3, 0.4) is 0 Å². The molecule has 4 heteroatoms. The Morgan fingerprint density at radius 3 is 2.70 bits per heavy atom. The molecule has 0 saturated heterocycles. The van der Waals surface area contributed by atoms with Crippen LogP contribution in [-0.2, 0) is 4.79 Å². The van der Waals surface area contributed by atoms with Crippen LogP contribution in [0.2, 0.25) is 0 Å². The van der Waals surface area contributed by atoms with Crippen molar-refractivity contribution in [1.29, 1.82) is 0 Å². The topological polar surface area (TPSA) is 38.3 Å². The highest BCUT2D eigenvalue weighted by Crippen LogP contribution is 2.26. The van der Waals surface area contributed by atoms with Gasteiger partial charge in [-0.15, -0.1) is 0 Å². The molecule has 0 radical (unpaired) electrons. The molecule has 20 heavy (non-hydrogen) atoms. The molecule has 0 aliphatic heterocycles. The fourth-order valence-corrected chi connectivity index (χ4v) is 3.15. The van der Waals surface area contributed by atoms with Crippen molar-refractivity contribution in [3.8, 4) is 5.75 Å². The summed E-state index contributed by atoms with van der Waals surface area (Å²) in [5, 5.41) is 3.06. The van der Waals surface area contributed by atoms with Crippen molar-refractivity contribution < 1.29 is 9.53 Å². The number of hydrogen-bond donors (Lipinski definition) is 1. The van der Waals surface area contributed by atoms with E-state index in [0.29, 0.717) is 11.8 Å². The Kier molecular flexibility index (Phi) is 5.46. The van der Waals surface area contributed by atoms with Crippen molar-refractivity contribution in [3.63, 3.8) is 0 Å². The van der Waals surface area contributed by atoms with Crippen molar-refractivity contribution in [2.24, 2.45) is 5.92 Å². The number of benzene rings is 1. The van der Waals surface area contributed by atoms with Crippen molar-refractivity contribution >= 4 is 21.8 Å². The van der Waals surface area contributed by atoms with Crippen LogP contribution in [0.5, 0.6) is 5.75 Å². The van der Waals surface area contributed by atoms with Crippen LogP contribution < -0.4 is 10.1 Å². The third kappa shape index (κ3) is 4.51. The van der Waals surface area contributed by atoms with Gasteiger partial charge in [-0.1, -0.05) is 13.0 Å². The van der Waals surface area contributed by atoms with E-state index in [1.165, 1.54) is 12.8 Å². The standard InChI is InChI=1S/C16H22BrNO2/c1-11-3-6-13(7-4-11)18-16(19)10-20-15-8-5-12(2)9-14(15)17/h5,8-9,11,13H,3-4,6-7,10H2,1-2H3,(H,18,19). The molecule has 1 saturated carbocycles. The minimum atomic E-state index is -0.0305. The number of carbonyl (C=O) groups excluding carboxylic acids is 1. The number of nitrogens with one attached hydrogen (secondary N) is 1. The predicted molar refractivity (Wildman–Crippen MR) is 83.9 cm³/mol. The Labute approximate surface area is 129 Å². The molecule has 1 aliphatic carbocycles. The molecule has 0 bridgehead atoms. The van der Waals surface area contributed by atoms with Crippen LogP contribution >= 0.6 is 15.9 Å². The second-order valence-corrected chi connectivity index (χ2v) is 6.60. The summed E-state index contributed by atoms with van der Waals surface area (Å²) in [5.74, 6) is 1.47. The van der Waals surface area contributed by atoms with Gasteiger partial charge in [-0.3, -0.25) is 4.79 Å². The Morgan fingerprint density at radius 1 is 1.35 bits per heavy atom. The molecular weight excluding hydrogens is 318 g/mol. The second kappa shape index (κ2) is 7.11. The van der Waals surface area contributed by atoms with Gasteiger partial charge in [0.15, 0.2) is 6.61 Å². The zero-order chi connectivity index (χ0) is 14.5. The minimum Gasteiger partial charge on any atom is -0.483 e. The average Bonchev–Trinajstić information content (AvgIpc) is 2.40. The molecular formula is C16H22BrNO2. The molecule has 0 heterocycles. The minimum absolute atomic E-state index is 0.0305. The molecule has 1 aromatic rings. The number of amides is 1. The van der Waals surface area contributed by atoms with Crippen molar-refractivity contribution in [1.82, 2.24) is 5.32 Å². The van der Waals surface area contributed by atoms with E-state index in [1.54, 1.807) is 0 Å². The van der Waals surface area contributed by atoms with Crippen LogP contribution in [0.4, 0.5) is 0 Å². The van der Waals surface area contributed by atoms with Gasteiger partial charge in [0.1, 0.15) is 5.75 Å². The van der Waals surface area contributed by atoms with Crippen molar-refractivity contribution in [2.75, 3.05) is 6.61 Å². The van der Waals surface area contributed by atoms with Gasteiger partial charge < -0.3 is 10.1 Å². The van der Waals surface area contributed by atoms with E-state index < -0.39 is 0 Å². The zero-order valence-corrected chi connectivity index (χ0v) is 13.7. The molecule has 1 fully saturated rings. The van der Waals surface area contributed by atoms with Crippen LogP contribution in [0.1, 0.15) is 38.2 Å². The van der Waals surface area contributed by atoms with Gasteiger partial charge in [-0.25, -0.2) is 0 Å². The van der Waals surface area contributed by atoms with Gasteiger partial charge in [0.2, 0.25) is 0 Å². The van der Waals surface area contributed by atoms with Gasteiger partial charge in [0.25, 0.3) is 5.91 Å². The Hall–Kier alpha value is -1.03. The highest BCUT2D eigenvalue weighted by atomic mass is 79.9. The summed E-state index contributed by atoms with van der Waals surface area (Å²) in [7, 11) is 0. The number of rotatable bonds is 4. The Balaban J connectivity index is 1.77. The first kappa shape index (κ1) is 15.4. The maximum absolute atomic E-state index is 11.9. The number of hydrogen-bond acceptors (Lipinski definition) is 2. The fraction of sp³-hybridized carbons (Fsp3) is 0.562. The number of ether oxygens (including phenoxy) is 1.